The Labute approximate surface area is 135 Å². The molecule has 0 unspecified atom stereocenters. The zero-order valence-corrected chi connectivity index (χ0v) is 13.1. The second kappa shape index (κ2) is 5.35. The molecular weight excluding hydrogens is 340 g/mol. The second-order valence-electron chi connectivity index (χ2n) is 4.86. The van der Waals surface area contributed by atoms with Gasteiger partial charge in [-0.15, -0.1) is 0 Å². The van der Waals surface area contributed by atoms with E-state index >= 15 is 0 Å². The molecule has 0 N–H and O–H groups in total. The van der Waals surface area contributed by atoms with Crippen molar-refractivity contribution in [3.05, 3.63) is 71.6 Å². The van der Waals surface area contributed by atoms with Crippen molar-refractivity contribution in [1.29, 1.82) is 0 Å². The number of aromatic nitrogens is 4. The minimum atomic E-state index is 0.805. The van der Waals surface area contributed by atoms with Crippen molar-refractivity contribution in [3.8, 4) is 16.9 Å². The first-order valence-corrected chi connectivity index (χ1v) is 7.62. The molecule has 0 fully saturated rings. The van der Waals surface area contributed by atoms with Crippen LogP contribution >= 0.6 is 15.9 Å². The molecule has 0 atom stereocenters. The third-order valence-corrected chi connectivity index (χ3v) is 3.99. The highest BCUT2D eigenvalue weighted by Gasteiger charge is 2.14. The highest BCUT2D eigenvalue weighted by atomic mass is 79.9. The van der Waals surface area contributed by atoms with Crippen LogP contribution in [0.3, 0.4) is 0 Å². The molecule has 4 nitrogen and oxygen atoms in total. The summed E-state index contributed by atoms with van der Waals surface area (Å²) in [5.41, 5.74) is 3.71. The number of hydrogen-bond donors (Lipinski definition) is 0. The van der Waals surface area contributed by atoms with Gasteiger partial charge in [0.15, 0.2) is 5.65 Å². The Bertz CT molecular complexity index is 930. The van der Waals surface area contributed by atoms with E-state index in [0.29, 0.717) is 0 Å². The predicted molar refractivity (Wildman–Crippen MR) is 89.8 cm³/mol. The third-order valence-electron chi connectivity index (χ3n) is 3.47. The second-order valence-corrected chi connectivity index (χ2v) is 5.78. The van der Waals surface area contributed by atoms with Gasteiger partial charge in [0.1, 0.15) is 12.0 Å². The molecule has 5 heteroatoms. The monoisotopic (exact) mass is 350 g/mol. The van der Waals surface area contributed by atoms with Gasteiger partial charge in [-0.05, 0) is 24.3 Å². The smallest absolute Gasteiger partial charge is 0.166 e. The van der Waals surface area contributed by atoms with Crippen molar-refractivity contribution in [2.75, 3.05) is 0 Å². The lowest BCUT2D eigenvalue weighted by Gasteiger charge is -2.01. The lowest BCUT2D eigenvalue weighted by molar-refractivity contribution is 0.899. The predicted octanol–water partition coefficient (Wildman–Crippen LogP) is 4.25. The molecule has 106 valence electrons. The van der Waals surface area contributed by atoms with E-state index in [4.69, 9.17) is 5.10 Å². The van der Waals surface area contributed by atoms with Gasteiger partial charge in [0.05, 0.1) is 11.1 Å². The summed E-state index contributed by atoms with van der Waals surface area (Å²) in [5, 5.41) is 5.70. The molecule has 0 aliphatic rings. The molecule has 2 aromatic heterocycles. The molecule has 0 saturated heterocycles. The van der Waals surface area contributed by atoms with Crippen LogP contribution in [0.25, 0.3) is 28.0 Å². The maximum absolute atomic E-state index is 4.76. The maximum Gasteiger partial charge on any atom is 0.166 e. The Kier molecular flexibility index (Phi) is 3.20. The van der Waals surface area contributed by atoms with Crippen LogP contribution < -0.4 is 0 Å². The number of rotatable bonds is 2. The van der Waals surface area contributed by atoms with E-state index < -0.39 is 0 Å². The van der Waals surface area contributed by atoms with E-state index in [1.54, 1.807) is 6.33 Å². The van der Waals surface area contributed by atoms with E-state index in [1.807, 2.05) is 65.5 Å². The number of hydrogen-bond acceptors (Lipinski definition) is 3. The molecule has 4 aromatic rings. The molecule has 0 saturated carbocycles. The van der Waals surface area contributed by atoms with Crippen LogP contribution in [0.2, 0.25) is 0 Å². The van der Waals surface area contributed by atoms with Crippen molar-refractivity contribution >= 4 is 27.0 Å². The van der Waals surface area contributed by atoms with Crippen LogP contribution in [0.5, 0.6) is 0 Å². The SMILES string of the molecule is Brc1ccc(-c2nn(-c3ccccc3)c3ncncc23)cc1. The zero-order chi connectivity index (χ0) is 14.9. The van der Waals surface area contributed by atoms with Gasteiger partial charge in [-0.2, -0.15) is 5.10 Å². The highest BCUT2D eigenvalue weighted by Crippen LogP contribution is 2.28. The quantitative estimate of drug-likeness (QED) is 0.542. The molecule has 22 heavy (non-hydrogen) atoms. The van der Waals surface area contributed by atoms with Crippen molar-refractivity contribution in [1.82, 2.24) is 19.7 Å². The normalized spacial score (nSPS) is 11.0. The van der Waals surface area contributed by atoms with Gasteiger partial charge in [0, 0.05) is 16.2 Å². The molecule has 2 heterocycles. The first-order valence-electron chi connectivity index (χ1n) is 6.83. The van der Waals surface area contributed by atoms with Crippen molar-refractivity contribution in [3.63, 3.8) is 0 Å². The Hall–Kier alpha value is -2.53. The summed E-state index contributed by atoms with van der Waals surface area (Å²) in [6.45, 7) is 0. The largest absolute Gasteiger partial charge is 0.244 e. The molecule has 4 rings (SSSR count). The fourth-order valence-corrected chi connectivity index (χ4v) is 2.69. The van der Waals surface area contributed by atoms with Crippen molar-refractivity contribution < 1.29 is 0 Å². The van der Waals surface area contributed by atoms with Gasteiger partial charge in [-0.25, -0.2) is 14.6 Å². The zero-order valence-electron chi connectivity index (χ0n) is 11.5. The van der Waals surface area contributed by atoms with E-state index in [1.165, 1.54) is 0 Å². The minimum absolute atomic E-state index is 0.805. The molecule has 2 aromatic carbocycles. The Morgan fingerprint density at radius 2 is 1.68 bits per heavy atom. The lowest BCUT2D eigenvalue weighted by atomic mass is 10.1. The van der Waals surface area contributed by atoms with Crippen LogP contribution in [0.1, 0.15) is 0 Å². The van der Waals surface area contributed by atoms with Crippen LogP contribution in [-0.2, 0) is 0 Å². The molecule has 0 amide bonds. The summed E-state index contributed by atoms with van der Waals surface area (Å²) in [4.78, 5) is 8.55. The molecule has 0 radical (unpaired) electrons. The van der Waals surface area contributed by atoms with Gasteiger partial charge < -0.3 is 0 Å². The van der Waals surface area contributed by atoms with E-state index in [0.717, 1.165) is 32.5 Å². The van der Waals surface area contributed by atoms with Gasteiger partial charge in [-0.1, -0.05) is 46.3 Å². The first kappa shape index (κ1) is 13.2. The number of benzene rings is 2. The van der Waals surface area contributed by atoms with Crippen molar-refractivity contribution in [2.24, 2.45) is 0 Å². The van der Waals surface area contributed by atoms with Gasteiger partial charge in [0.25, 0.3) is 0 Å². The van der Waals surface area contributed by atoms with Crippen LogP contribution in [0, 0.1) is 0 Å². The van der Waals surface area contributed by atoms with Crippen LogP contribution in [0.15, 0.2) is 71.6 Å². The average molecular weight is 351 g/mol. The summed E-state index contributed by atoms with van der Waals surface area (Å²) in [5.74, 6) is 0. The van der Waals surface area contributed by atoms with Crippen LogP contribution in [0.4, 0.5) is 0 Å². The average Bonchev–Trinajstić information content (AvgIpc) is 2.96. The summed E-state index contributed by atoms with van der Waals surface area (Å²) >= 11 is 3.46. The van der Waals surface area contributed by atoms with E-state index in [-0.39, 0.29) is 0 Å². The Morgan fingerprint density at radius 3 is 2.45 bits per heavy atom. The van der Waals surface area contributed by atoms with Gasteiger partial charge >= 0.3 is 0 Å². The van der Waals surface area contributed by atoms with Crippen LogP contribution in [-0.4, -0.2) is 19.7 Å². The number of nitrogens with zero attached hydrogens (tertiary/aromatic N) is 4. The molecule has 0 aliphatic heterocycles. The molecular formula is C17H11BrN4. The summed E-state index contributed by atoms with van der Waals surface area (Å²) in [7, 11) is 0. The van der Waals surface area contributed by atoms with Crippen molar-refractivity contribution in [2.45, 2.75) is 0 Å². The Morgan fingerprint density at radius 1 is 0.909 bits per heavy atom. The number of halogens is 1. The molecule has 0 spiro atoms. The van der Waals surface area contributed by atoms with Gasteiger partial charge in [-0.3, -0.25) is 0 Å². The molecule has 0 aliphatic carbocycles. The summed E-state index contributed by atoms with van der Waals surface area (Å²) < 4.78 is 2.90. The fourth-order valence-electron chi connectivity index (χ4n) is 2.43. The Balaban J connectivity index is 1.99. The molecule has 0 bridgehead atoms. The fraction of sp³-hybridized carbons (Fsp3) is 0. The van der Waals surface area contributed by atoms with Gasteiger partial charge in [0.2, 0.25) is 0 Å². The summed E-state index contributed by atoms with van der Waals surface area (Å²) in [6, 6.07) is 18.1. The number of fused-ring (bicyclic) bond motifs is 1. The van der Waals surface area contributed by atoms with E-state index in [2.05, 4.69) is 25.9 Å². The van der Waals surface area contributed by atoms with E-state index in [9.17, 15) is 0 Å². The first-order chi connectivity index (χ1) is 10.8. The topological polar surface area (TPSA) is 43.6 Å². The lowest BCUT2D eigenvalue weighted by Crippen LogP contribution is -1.97. The highest BCUT2D eigenvalue weighted by molar-refractivity contribution is 9.10. The third kappa shape index (κ3) is 2.19. The standard InChI is InChI=1S/C17H11BrN4/c18-13-8-6-12(7-9-13)16-15-10-19-11-20-17(15)22(21-16)14-4-2-1-3-5-14/h1-11H. The maximum atomic E-state index is 4.76. The summed E-state index contributed by atoms with van der Waals surface area (Å²) in [6.07, 6.45) is 3.36. The minimum Gasteiger partial charge on any atom is -0.244 e. The number of para-hydroxylation sites is 1.